The Morgan fingerprint density at radius 2 is 1.76 bits per heavy atom. The molecule has 0 bridgehead atoms. The topological polar surface area (TPSA) is 20.2 Å². The number of hydrogen-bond acceptors (Lipinski definition) is 1. The average Bonchev–Trinajstić information content (AvgIpc) is 2.30. The van der Waals surface area contributed by atoms with Gasteiger partial charge in [0, 0.05) is 6.07 Å². The van der Waals surface area contributed by atoms with Gasteiger partial charge in [-0.1, -0.05) is 56.3 Å². The van der Waals surface area contributed by atoms with E-state index in [0.717, 1.165) is 18.4 Å². The van der Waals surface area contributed by atoms with Crippen LogP contribution in [0.4, 0.5) is 0 Å². The summed E-state index contributed by atoms with van der Waals surface area (Å²) in [6.45, 7) is 4.33. The highest BCUT2D eigenvalue weighted by Crippen LogP contribution is 2.37. The second-order valence-electron chi connectivity index (χ2n) is 4.43. The summed E-state index contributed by atoms with van der Waals surface area (Å²) in [6, 6.07) is 3.35. The van der Waals surface area contributed by atoms with Crippen molar-refractivity contribution < 1.29 is 5.11 Å². The van der Waals surface area contributed by atoms with Crippen LogP contribution in [0.5, 0.6) is 5.75 Å². The van der Waals surface area contributed by atoms with Gasteiger partial charge >= 0.3 is 0 Å². The quantitative estimate of drug-likeness (QED) is 0.653. The molecule has 0 aliphatic carbocycles. The molecule has 1 aromatic carbocycles. The number of aromatic hydroxyl groups is 1. The van der Waals surface area contributed by atoms with Crippen LogP contribution in [0.3, 0.4) is 0 Å². The van der Waals surface area contributed by atoms with Crippen LogP contribution >= 0.6 is 23.2 Å². The van der Waals surface area contributed by atoms with Gasteiger partial charge in [-0.2, -0.15) is 0 Å². The van der Waals surface area contributed by atoms with Gasteiger partial charge < -0.3 is 5.11 Å². The van der Waals surface area contributed by atoms with Gasteiger partial charge in [0.05, 0.1) is 10.0 Å². The molecule has 1 atom stereocenters. The molecule has 96 valence electrons. The first-order valence-electron chi connectivity index (χ1n) is 6.28. The van der Waals surface area contributed by atoms with Crippen molar-refractivity contribution in [3.63, 3.8) is 0 Å². The molecular weight excluding hydrogens is 255 g/mol. The van der Waals surface area contributed by atoms with E-state index in [0.29, 0.717) is 16.0 Å². The van der Waals surface area contributed by atoms with Gasteiger partial charge in [-0.25, -0.2) is 0 Å². The number of hydrogen-bond donors (Lipinski definition) is 1. The molecule has 0 heterocycles. The second-order valence-corrected chi connectivity index (χ2v) is 5.24. The smallest absolute Gasteiger partial charge is 0.120 e. The van der Waals surface area contributed by atoms with Crippen molar-refractivity contribution in [3.05, 3.63) is 27.7 Å². The van der Waals surface area contributed by atoms with Crippen molar-refractivity contribution in [2.75, 3.05) is 0 Å². The van der Waals surface area contributed by atoms with E-state index in [2.05, 4.69) is 13.8 Å². The third-order valence-corrected chi connectivity index (χ3v) is 3.88. The molecule has 0 saturated carbocycles. The minimum atomic E-state index is 0.266. The lowest BCUT2D eigenvalue weighted by Gasteiger charge is -2.17. The van der Waals surface area contributed by atoms with Gasteiger partial charge in [-0.3, -0.25) is 0 Å². The first-order valence-corrected chi connectivity index (χ1v) is 7.03. The number of phenolic OH excluding ortho intramolecular Hbond substituents is 1. The molecule has 0 aliphatic heterocycles. The van der Waals surface area contributed by atoms with Crippen LogP contribution < -0.4 is 0 Å². The van der Waals surface area contributed by atoms with Crippen LogP contribution in [0.25, 0.3) is 0 Å². The number of rotatable bonds is 6. The van der Waals surface area contributed by atoms with E-state index in [1.807, 2.05) is 0 Å². The lowest BCUT2D eigenvalue weighted by Crippen LogP contribution is -1.98. The summed E-state index contributed by atoms with van der Waals surface area (Å²) in [6.07, 6.45) is 5.74. The molecule has 0 radical (unpaired) electrons. The third-order valence-electron chi connectivity index (χ3n) is 3.16. The SMILES string of the molecule is CCCCCC(CC)c1cc(Cl)c(Cl)cc1O. The number of phenols is 1. The summed E-state index contributed by atoms with van der Waals surface area (Å²) in [5, 5.41) is 10.9. The fourth-order valence-electron chi connectivity index (χ4n) is 2.10. The maximum absolute atomic E-state index is 9.93. The zero-order valence-electron chi connectivity index (χ0n) is 10.5. The van der Waals surface area contributed by atoms with Gasteiger partial charge in [0.2, 0.25) is 0 Å². The Hall–Kier alpha value is -0.400. The highest BCUT2D eigenvalue weighted by molar-refractivity contribution is 6.42. The molecule has 3 heteroatoms. The van der Waals surface area contributed by atoms with Crippen molar-refractivity contribution >= 4 is 23.2 Å². The van der Waals surface area contributed by atoms with E-state index < -0.39 is 0 Å². The first-order chi connectivity index (χ1) is 8.10. The summed E-state index contributed by atoms with van der Waals surface area (Å²) in [4.78, 5) is 0. The molecule has 1 rings (SSSR count). The normalized spacial score (nSPS) is 12.7. The standard InChI is InChI=1S/C14H20Cl2O/c1-3-5-6-7-10(4-2)11-8-12(15)13(16)9-14(11)17/h8-10,17H,3-7H2,1-2H3. The maximum Gasteiger partial charge on any atom is 0.120 e. The van der Waals surface area contributed by atoms with E-state index in [1.165, 1.54) is 19.3 Å². The Morgan fingerprint density at radius 1 is 1.12 bits per heavy atom. The molecule has 0 aromatic heterocycles. The summed E-state index contributed by atoms with van der Waals surface area (Å²) < 4.78 is 0. The summed E-state index contributed by atoms with van der Waals surface area (Å²) >= 11 is 11.9. The van der Waals surface area contributed by atoms with Gasteiger partial charge in [-0.05, 0) is 30.4 Å². The Kier molecular flexibility index (Phi) is 6.15. The van der Waals surface area contributed by atoms with Crippen LogP contribution in [-0.2, 0) is 0 Å². The lowest BCUT2D eigenvalue weighted by atomic mass is 9.90. The maximum atomic E-state index is 9.93. The van der Waals surface area contributed by atoms with E-state index in [9.17, 15) is 5.11 Å². The van der Waals surface area contributed by atoms with Crippen LogP contribution in [0, 0.1) is 0 Å². The first kappa shape index (κ1) is 14.7. The molecule has 1 unspecified atom stereocenters. The summed E-state index contributed by atoms with van der Waals surface area (Å²) in [5.41, 5.74) is 0.929. The fourth-order valence-corrected chi connectivity index (χ4v) is 2.43. The predicted octanol–water partition coefficient (Wildman–Crippen LogP) is 5.77. The largest absolute Gasteiger partial charge is 0.508 e. The zero-order valence-corrected chi connectivity index (χ0v) is 12.0. The van der Waals surface area contributed by atoms with Gasteiger partial charge in [-0.15, -0.1) is 0 Å². The fraction of sp³-hybridized carbons (Fsp3) is 0.571. The Bertz CT molecular complexity index is 363. The molecular formula is C14H20Cl2O. The lowest BCUT2D eigenvalue weighted by molar-refractivity contribution is 0.451. The molecule has 1 aromatic rings. The molecule has 0 saturated heterocycles. The minimum Gasteiger partial charge on any atom is -0.508 e. The number of unbranched alkanes of at least 4 members (excludes halogenated alkanes) is 2. The van der Waals surface area contributed by atoms with E-state index >= 15 is 0 Å². The number of halogens is 2. The van der Waals surface area contributed by atoms with E-state index in [-0.39, 0.29) is 5.75 Å². The summed E-state index contributed by atoms with van der Waals surface area (Å²) in [7, 11) is 0. The third kappa shape index (κ3) is 4.08. The Labute approximate surface area is 114 Å². The highest BCUT2D eigenvalue weighted by Gasteiger charge is 2.15. The monoisotopic (exact) mass is 274 g/mol. The van der Waals surface area contributed by atoms with Crippen LogP contribution in [0.2, 0.25) is 10.0 Å². The van der Waals surface area contributed by atoms with Gasteiger partial charge in [0.25, 0.3) is 0 Å². The molecule has 0 aliphatic rings. The summed E-state index contributed by atoms with van der Waals surface area (Å²) in [5.74, 6) is 0.638. The molecule has 1 N–H and O–H groups in total. The molecule has 17 heavy (non-hydrogen) atoms. The van der Waals surface area contributed by atoms with Crippen molar-refractivity contribution in [2.24, 2.45) is 0 Å². The van der Waals surface area contributed by atoms with Crippen molar-refractivity contribution in [1.82, 2.24) is 0 Å². The number of benzene rings is 1. The second kappa shape index (κ2) is 7.13. The van der Waals surface area contributed by atoms with Crippen LogP contribution in [0.1, 0.15) is 57.4 Å². The van der Waals surface area contributed by atoms with Crippen LogP contribution in [-0.4, -0.2) is 5.11 Å². The molecule has 0 fully saturated rings. The molecule has 1 nitrogen and oxygen atoms in total. The van der Waals surface area contributed by atoms with Crippen molar-refractivity contribution in [1.29, 1.82) is 0 Å². The average molecular weight is 275 g/mol. The molecule has 0 spiro atoms. The van der Waals surface area contributed by atoms with E-state index in [4.69, 9.17) is 23.2 Å². The van der Waals surface area contributed by atoms with Crippen molar-refractivity contribution in [2.45, 2.75) is 51.9 Å². The Morgan fingerprint density at radius 3 is 2.35 bits per heavy atom. The molecule has 0 amide bonds. The minimum absolute atomic E-state index is 0.266. The van der Waals surface area contributed by atoms with Crippen molar-refractivity contribution in [3.8, 4) is 5.75 Å². The van der Waals surface area contributed by atoms with Gasteiger partial charge in [0.1, 0.15) is 5.75 Å². The van der Waals surface area contributed by atoms with Crippen LogP contribution in [0.15, 0.2) is 12.1 Å². The van der Waals surface area contributed by atoms with Gasteiger partial charge in [0.15, 0.2) is 0 Å². The highest BCUT2D eigenvalue weighted by atomic mass is 35.5. The Balaban J connectivity index is 2.84. The predicted molar refractivity (Wildman–Crippen MR) is 75.3 cm³/mol. The zero-order chi connectivity index (χ0) is 12.8. The van der Waals surface area contributed by atoms with E-state index in [1.54, 1.807) is 12.1 Å².